The average Bonchev–Trinajstić information content (AvgIpc) is 3.17. The minimum Gasteiger partial charge on any atom is -0.495 e. The average molecular weight is 430 g/mol. The normalized spacial score (nSPS) is 17.7. The Hall–Kier alpha value is -1.16. The highest BCUT2D eigenvalue weighted by Gasteiger charge is 2.26. The fourth-order valence-electron chi connectivity index (χ4n) is 3.14. The molecule has 27 heavy (non-hydrogen) atoms. The Morgan fingerprint density at radius 1 is 1.26 bits per heavy atom. The number of hydrogen-bond donors (Lipinski definition) is 1. The largest absolute Gasteiger partial charge is 0.495 e. The summed E-state index contributed by atoms with van der Waals surface area (Å²) >= 11 is 7.71. The summed E-state index contributed by atoms with van der Waals surface area (Å²) in [5.74, 6) is 0.448. The summed E-state index contributed by atoms with van der Waals surface area (Å²) in [7, 11) is -0.0676. The van der Waals surface area contributed by atoms with Crippen LogP contribution in [0.4, 0.5) is 0 Å². The molecule has 0 bridgehead atoms. The molecular formula is C18H24ClN3O3S2. The minimum atomic E-state index is -3.67. The SMILES string of the molecule is COc1ccc(S(=O)(=O)NC[C@@H](c2ccsc2)N2CCN(C)CC2)cc1Cl. The van der Waals surface area contributed by atoms with Crippen LogP contribution in [-0.2, 0) is 10.0 Å². The summed E-state index contributed by atoms with van der Waals surface area (Å²) in [5, 5.41) is 4.38. The Kier molecular flexibility index (Phi) is 6.78. The van der Waals surface area contributed by atoms with Gasteiger partial charge in [-0.25, -0.2) is 13.1 Å². The Balaban J connectivity index is 1.75. The standard InChI is InChI=1S/C18H24ClN3O3S2/c1-21-6-8-22(9-7-21)17(14-5-10-26-13-14)12-20-27(23,24)15-3-4-18(25-2)16(19)11-15/h3-5,10-11,13,17,20H,6-9,12H2,1-2H3/t17-/m0/s1. The molecular weight excluding hydrogens is 406 g/mol. The molecule has 1 saturated heterocycles. The lowest BCUT2D eigenvalue weighted by molar-refractivity contribution is 0.113. The van der Waals surface area contributed by atoms with Gasteiger partial charge in [0.1, 0.15) is 5.75 Å². The summed E-state index contributed by atoms with van der Waals surface area (Å²) in [6.45, 7) is 4.08. The first-order valence-corrected chi connectivity index (χ1v) is 11.5. The van der Waals surface area contributed by atoms with Gasteiger partial charge in [0.25, 0.3) is 0 Å². The summed E-state index contributed by atoms with van der Waals surface area (Å²) in [5.41, 5.74) is 1.14. The van der Waals surface area contributed by atoms with Crippen molar-refractivity contribution in [1.82, 2.24) is 14.5 Å². The van der Waals surface area contributed by atoms with Gasteiger partial charge in [-0.1, -0.05) is 11.6 Å². The van der Waals surface area contributed by atoms with Gasteiger partial charge in [0.15, 0.2) is 0 Å². The van der Waals surface area contributed by atoms with E-state index in [0.29, 0.717) is 12.3 Å². The summed E-state index contributed by atoms with van der Waals surface area (Å²) in [4.78, 5) is 4.76. The number of nitrogens with zero attached hydrogens (tertiary/aromatic N) is 2. The van der Waals surface area contributed by atoms with Gasteiger partial charge in [0, 0.05) is 38.8 Å². The Labute approximate surface area is 169 Å². The molecule has 0 unspecified atom stereocenters. The molecule has 1 aromatic heterocycles. The Morgan fingerprint density at radius 2 is 2.00 bits per heavy atom. The second-order valence-electron chi connectivity index (χ2n) is 6.56. The molecule has 0 radical (unpaired) electrons. The van der Waals surface area contributed by atoms with E-state index in [2.05, 4.69) is 33.0 Å². The lowest BCUT2D eigenvalue weighted by Crippen LogP contribution is -2.48. The number of hydrogen-bond acceptors (Lipinski definition) is 6. The zero-order chi connectivity index (χ0) is 19.4. The molecule has 0 aliphatic carbocycles. The third kappa shape index (κ3) is 5.01. The summed E-state index contributed by atoms with van der Waals surface area (Å²) in [6, 6.07) is 6.55. The van der Waals surface area contributed by atoms with Crippen LogP contribution in [-0.4, -0.2) is 65.1 Å². The number of sulfonamides is 1. The molecule has 0 saturated carbocycles. The third-order valence-corrected chi connectivity index (χ3v) is 7.22. The maximum atomic E-state index is 12.8. The fourth-order valence-corrected chi connectivity index (χ4v) is 5.24. The molecule has 1 atom stereocenters. The number of likely N-dealkylation sites (N-methyl/N-ethyl adjacent to an activating group) is 1. The molecule has 1 fully saturated rings. The predicted octanol–water partition coefficient (Wildman–Crippen LogP) is 2.68. The molecule has 1 aliphatic heterocycles. The molecule has 0 spiro atoms. The number of benzene rings is 1. The number of halogens is 1. The molecule has 2 heterocycles. The highest BCUT2D eigenvalue weighted by atomic mass is 35.5. The number of rotatable bonds is 7. The third-order valence-electron chi connectivity index (χ3n) is 4.81. The number of nitrogens with one attached hydrogen (secondary N) is 1. The van der Waals surface area contributed by atoms with Gasteiger partial charge in [0.2, 0.25) is 10.0 Å². The smallest absolute Gasteiger partial charge is 0.240 e. The van der Waals surface area contributed by atoms with Crippen molar-refractivity contribution in [1.29, 1.82) is 0 Å². The highest BCUT2D eigenvalue weighted by Crippen LogP contribution is 2.28. The highest BCUT2D eigenvalue weighted by molar-refractivity contribution is 7.89. The maximum Gasteiger partial charge on any atom is 0.240 e. The van der Waals surface area contributed by atoms with Crippen LogP contribution in [0.25, 0.3) is 0 Å². The van der Waals surface area contributed by atoms with Crippen LogP contribution in [0.15, 0.2) is 39.9 Å². The summed E-state index contributed by atoms with van der Waals surface area (Å²) in [6.07, 6.45) is 0. The van der Waals surface area contributed by atoms with E-state index in [4.69, 9.17) is 16.3 Å². The molecule has 0 amide bonds. The van der Waals surface area contributed by atoms with E-state index in [1.54, 1.807) is 17.4 Å². The first-order chi connectivity index (χ1) is 12.9. The topological polar surface area (TPSA) is 61.9 Å². The van der Waals surface area contributed by atoms with E-state index in [-0.39, 0.29) is 16.0 Å². The molecule has 6 nitrogen and oxygen atoms in total. The van der Waals surface area contributed by atoms with Crippen molar-refractivity contribution in [2.24, 2.45) is 0 Å². The van der Waals surface area contributed by atoms with Gasteiger partial charge in [-0.15, -0.1) is 0 Å². The van der Waals surface area contributed by atoms with E-state index in [1.165, 1.54) is 19.2 Å². The molecule has 1 N–H and O–H groups in total. The van der Waals surface area contributed by atoms with Crippen LogP contribution in [0.1, 0.15) is 11.6 Å². The number of piperazine rings is 1. The minimum absolute atomic E-state index is 0.00782. The fraction of sp³-hybridized carbons (Fsp3) is 0.444. The van der Waals surface area contributed by atoms with Gasteiger partial charge in [-0.2, -0.15) is 11.3 Å². The monoisotopic (exact) mass is 429 g/mol. The van der Waals surface area contributed by atoms with Crippen molar-refractivity contribution in [2.45, 2.75) is 10.9 Å². The van der Waals surface area contributed by atoms with Crippen molar-refractivity contribution >= 4 is 33.0 Å². The zero-order valence-corrected chi connectivity index (χ0v) is 17.8. The lowest BCUT2D eigenvalue weighted by atomic mass is 10.1. The van der Waals surface area contributed by atoms with Crippen LogP contribution in [0, 0.1) is 0 Å². The van der Waals surface area contributed by atoms with E-state index in [1.807, 2.05) is 5.38 Å². The molecule has 9 heteroatoms. The molecule has 148 valence electrons. The molecule has 2 aromatic rings. The Bertz CT molecular complexity index is 851. The van der Waals surface area contributed by atoms with Crippen LogP contribution >= 0.6 is 22.9 Å². The lowest BCUT2D eigenvalue weighted by Gasteiger charge is -2.37. The molecule has 1 aliphatic rings. The first kappa shape index (κ1) is 20.6. The van der Waals surface area contributed by atoms with Crippen molar-refractivity contribution in [3.8, 4) is 5.75 Å². The molecule has 3 rings (SSSR count). The summed E-state index contributed by atoms with van der Waals surface area (Å²) < 4.78 is 33.4. The molecule has 1 aromatic carbocycles. The zero-order valence-electron chi connectivity index (χ0n) is 15.4. The van der Waals surface area contributed by atoms with Gasteiger partial charge >= 0.3 is 0 Å². The van der Waals surface area contributed by atoms with Gasteiger partial charge in [-0.3, -0.25) is 4.90 Å². The number of thiophene rings is 1. The second-order valence-corrected chi connectivity index (χ2v) is 9.51. The number of ether oxygens (including phenoxy) is 1. The van der Waals surface area contributed by atoms with Crippen molar-refractivity contribution in [3.63, 3.8) is 0 Å². The van der Waals surface area contributed by atoms with E-state index in [0.717, 1.165) is 31.7 Å². The van der Waals surface area contributed by atoms with Crippen LogP contribution < -0.4 is 9.46 Å². The van der Waals surface area contributed by atoms with Crippen LogP contribution in [0.2, 0.25) is 5.02 Å². The van der Waals surface area contributed by atoms with Crippen molar-refractivity contribution in [2.75, 3.05) is 46.9 Å². The number of methoxy groups -OCH3 is 1. The predicted molar refractivity (Wildman–Crippen MR) is 109 cm³/mol. The van der Waals surface area contributed by atoms with Gasteiger partial charge in [-0.05, 0) is 47.6 Å². The van der Waals surface area contributed by atoms with Crippen LogP contribution in [0.3, 0.4) is 0 Å². The first-order valence-electron chi connectivity index (χ1n) is 8.68. The quantitative estimate of drug-likeness (QED) is 0.733. The van der Waals surface area contributed by atoms with E-state index in [9.17, 15) is 8.42 Å². The van der Waals surface area contributed by atoms with E-state index >= 15 is 0 Å². The van der Waals surface area contributed by atoms with Crippen molar-refractivity contribution < 1.29 is 13.2 Å². The maximum absolute atomic E-state index is 12.8. The van der Waals surface area contributed by atoms with Crippen molar-refractivity contribution in [3.05, 3.63) is 45.6 Å². The second kappa shape index (κ2) is 8.89. The Morgan fingerprint density at radius 3 is 2.59 bits per heavy atom. The van der Waals surface area contributed by atoms with Crippen LogP contribution in [0.5, 0.6) is 5.75 Å². The van der Waals surface area contributed by atoms with Gasteiger partial charge < -0.3 is 9.64 Å². The van der Waals surface area contributed by atoms with Gasteiger partial charge in [0.05, 0.1) is 17.0 Å². The van der Waals surface area contributed by atoms with E-state index < -0.39 is 10.0 Å².